The minimum absolute atomic E-state index is 0.0813. The highest BCUT2D eigenvalue weighted by Gasteiger charge is 2.19. The molecule has 0 aromatic rings. The topological polar surface area (TPSA) is 78.9 Å². The summed E-state index contributed by atoms with van der Waals surface area (Å²) >= 11 is 0. The SMILES string of the molecule is CC/C=C\C/C=C\C/C=C\C/C=C\C/C=C\C/C=C\C/C=C\CCCCCCCCCCCC(=O)OCC(COC(=O)CCCCCCCCC)OC(=O)CCCCCCCCCCCC/C=C\C/C=C\C/C=C\CCCCCCC. The molecule has 0 amide bonds. The molecule has 0 saturated carbocycles. The van der Waals surface area contributed by atoms with Crippen LogP contribution in [0.2, 0.25) is 0 Å². The fourth-order valence-corrected chi connectivity index (χ4v) is 9.37. The number of hydrogen-bond acceptors (Lipinski definition) is 6. The average Bonchev–Trinajstić information content (AvgIpc) is 3.46. The number of rotatable bonds is 61. The lowest BCUT2D eigenvalue weighted by Gasteiger charge is -2.18. The van der Waals surface area contributed by atoms with Gasteiger partial charge in [0.2, 0.25) is 0 Å². The van der Waals surface area contributed by atoms with Crippen molar-refractivity contribution in [3.8, 4) is 0 Å². The Kier molecular flexibility index (Phi) is 64.8. The van der Waals surface area contributed by atoms with Crippen LogP contribution in [0.3, 0.4) is 0 Å². The normalized spacial score (nSPS) is 12.9. The third-order valence-electron chi connectivity index (χ3n) is 14.5. The predicted octanol–water partition coefficient (Wildman–Crippen LogP) is 23.6. The summed E-state index contributed by atoms with van der Waals surface area (Å²) in [4.78, 5) is 38.2. The van der Waals surface area contributed by atoms with Crippen LogP contribution in [-0.2, 0) is 28.6 Å². The van der Waals surface area contributed by atoms with Crippen LogP contribution in [0.1, 0.15) is 316 Å². The summed E-state index contributed by atoms with van der Waals surface area (Å²) in [7, 11) is 0. The molecule has 0 N–H and O–H groups in total. The lowest BCUT2D eigenvalue weighted by molar-refractivity contribution is -0.167. The van der Waals surface area contributed by atoms with Crippen LogP contribution < -0.4 is 0 Å². The molecule has 0 heterocycles. The molecule has 0 spiro atoms. The summed E-state index contributed by atoms with van der Waals surface area (Å²) in [6, 6.07) is 0. The molecule has 0 aliphatic heterocycles. The van der Waals surface area contributed by atoms with E-state index in [0.29, 0.717) is 19.3 Å². The van der Waals surface area contributed by atoms with Gasteiger partial charge >= 0.3 is 17.9 Å². The first-order valence-electron chi connectivity index (χ1n) is 34.0. The molecule has 81 heavy (non-hydrogen) atoms. The molecule has 1 unspecified atom stereocenters. The van der Waals surface area contributed by atoms with Gasteiger partial charge in [-0.25, -0.2) is 0 Å². The molecule has 0 bridgehead atoms. The Labute approximate surface area is 501 Å². The zero-order chi connectivity index (χ0) is 58.5. The van der Waals surface area contributed by atoms with Gasteiger partial charge in [0.05, 0.1) is 0 Å². The van der Waals surface area contributed by atoms with E-state index < -0.39 is 6.10 Å². The first kappa shape index (κ1) is 76.8. The Hall–Kier alpha value is -4.19. The molecule has 0 aliphatic carbocycles. The molecule has 0 fully saturated rings. The molecular formula is C75H126O6. The van der Waals surface area contributed by atoms with E-state index in [9.17, 15) is 14.4 Å². The van der Waals surface area contributed by atoms with Crippen LogP contribution in [0, 0.1) is 0 Å². The third kappa shape index (κ3) is 66.5. The van der Waals surface area contributed by atoms with Gasteiger partial charge in [0.25, 0.3) is 0 Å². The summed E-state index contributed by atoms with van der Waals surface area (Å²) in [5, 5.41) is 0. The van der Waals surface area contributed by atoms with Crippen molar-refractivity contribution in [2.45, 2.75) is 322 Å². The number of ether oxygens (including phenoxy) is 3. The van der Waals surface area contributed by atoms with Gasteiger partial charge in [0, 0.05) is 19.3 Å². The number of carbonyl (C=O) groups is 3. The number of hydrogen-bond donors (Lipinski definition) is 0. The van der Waals surface area contributed by atoms with Gasteiger partial charge in [0.1, 0.15) is 13.2 Å². The Morgan fingerprint density at radius 2 is 0.481 bits per heavy atom. The fourth-order valence-electron chi connectivity index (χ4n) is 9.37. The second-order valence-electron chi connectivity index (χ2n) is 22.4. The van der Waals surface area contributed by atoms with E-state index in [0.717, 1.165) is 122 Å². The van der Waals surface area contributed by atoms with Gasteiger partial charge in [0.15, 0.2) is 6.10 Å². The van der Waals surface area contributed by atoms with Gasteiger partial charge in [-0.3, -0.25) is 14.4 Å². The highest BCUT2D eigenvalue weighted by molar-refractivity contribution is 5.71. The summed E-state index contributed by atoms with van der Waals surface area (Å²) < 4.78 is 16.9. The zero-order valence-corrected chi connectivity index (χ0v) is 53.0. The highest BCUT2D eigenvalue weighted by Crippen LogP contribution is 2.16. The standard InChI is InChI=1S/C75H126O6/c1-4-7-10-13-16-18-20-22-24-26-28-30-32-34-35-36-37-38-39-41-42-44-46-48-50-52-54-56-59-62-65-68-74(77)80-71-72(70-79-73(76)67-64-61-58-15-12-9-6-3)81-75(78)69-66-63-60-57-55-53-51-49-47-45-43-40-33-31-29-27-25-23-21-19-17-14-11-8-5-2/h7,10,16,18,21-24,27-30,33-35,37-38,40-42,72H,4-6,8-9,11-15,17,19-20,25-26,31-32,36,39,43-71H2,1-3H3/b10-7-,18-16-,23-21-,24-22-,29-27-,30-28-,35-34-,38-37-,40-33-,42-41-. The van der Waals surface area contributed by atoms with Crippen molar-refractivity contribution in [1.29, 1.82) is 0 Å². The van der Waals surface area contributed by atoms with Crippen molar-refractivity contribution in [2.24, 2.45) is 0 Å². The van der Waals surface area contributed by atoms with Crippen molar-refractivity contribution >= 4 is 17.9 Å². The Bertz CT molecular complexity index is 1670. The maximum Gasteiger partial charge on any atom is 0.306 e. The Balaban J connectivity index is 4.15. The van der Waals surface area contributed by atoms with E-state index in [2.05, 4.69) is 142 Å². The van der Waals surface area contributed by atoms with E-state index in [4.69, 9.17) is 14.2 Å². The quantitative estimate of drug-likeness (QED) is 0.0261. The average molecular weight is 1120 g/mol. The Morgan fingerprint density at radius 1 is 0.259 bits per heavy atom. The van der Waals surface area contributed by atoms with Crippen molar-refractivity contribution < 1.29 is 28.6 Å². The summed E-state index contributed by atoms with van der Waals surface area (Å²) in [5.41, 5.74) is 0. The van der Waals surface area contributed by atoms with Crippen LogP contribution >= 0.6 is 0 Å². The second-order valence-corrected chi connectivity index (χ2v) is 22.4. The summed E-state index contributed by atoms with van der Waals surface area (Å²) in [6.07, 6.45) is 95.2. The Morgan fingerprint density at radius 3 is 0.753 bits per heavy atom. The van der Waals surface area contributed by atoms with Gasteiger partial charge in [-0.1, -0.05) is 303 Å². The molecule has 462 valence electrons. The number of carbonyl (C=O) groups excluding carboxylic acids is 3. The first-order valence-corrected chi connectivity index (χ1v) is 34.0. The zero-order valence-electron chi connectivity index (χ0n) is 53.0. The van der Waals surface area contributed by atoms with Crippen molar-refractivity contribution in [1.82, 2.24) is 0 Å². The fraction of sp³-hybridized carbons (Fsp3) is 0.693. The molecule has 6 heteroatoms. The van der Waals surface area contributed by atoms with Gasteiger partial charge < -0.3 is 14.2 Å². The van der Waals surface area contributed by atoms with Crippen LogP contribution in [0.15, 0.2) is 122 Å². The number of esters is 3. The van der Waals surface area contributed by atoms with E-state index in [-0.39, 0.29) is 31.1 Å². The molecule has 0 saturated heterocycles. The largest absolute Gasteiger partial charge is 0.462 e. The predicted molar refractivity (Wildman–Crippen MR) is 353 cm³/mol. The van der Waals surface area contributed by atoms with Gasteiger partial charge in [-0.15, -0.1) is 0 Å². The lowest BCUT2D eigenvalue weighted by Crippen LogP contribution is -2.30. The molecule has 6 nitrogen and oxygen atoms in total. The summed E-state index contributed by atoms with van der Waals surface area (Å²) in [6.45, 7) is 6.48. The van der Waals surface area contributed by atoms with E-state index >= 15 is 0 Å². The maximum atomic E-state index is 12.9. The summed E-state index contributed by atoms with van der Waals surface area (Å²) in [5.74, 6) is -0.892. The van der Waals surface area contributed by atoms with Crippen molar-refractivity contribution in [2.75, 3.05) is 13.2 Å². The van der Waals surface area contributed by atoms with Crippen molar-refractivity contribution in [3.63, 3.8) is 0 Å². The molecule has 0 radical (unpaired) electrons. The van der Waals surface area contributed by atoms with Gasteiger partial charge in [-0.05, 0) is 116 Å². The third-order valence-corrected chi connectivity index (χ3v) is 14.5. The van der Waals surface area contributed by atoms with Crippen molar-refractivity contribution in [3.05, 3.63) is 122 Å². The first-order chi connectivity index (χ1) is 40.0. The molecule has 0 aromatic carbocycles. The minimum atomic E-state index is -0.783. The molecule has 0 rings (SSSR count). The van der Waals surface area contributed by atoms with Gasteiger partial charge in [-0.2, -0.15) is 0 Å². The smallest absolute Gasteiger partial charge is 0.306 e. The monoisotopic (exact) mass is 1120 g/mol. The molecule has 1 atom stereocenters. The molecule has 0 aromatic heterocycles. The van der Waals surface area contributed by atoms with Crippen LogP contribution in [0.4, 0.5) is 0 Å². The second kappa shape index (κ2) is 68.3. The van der Waals surface area contributed by atoms with Crippen LogP contribution in [0.5, 0.6) is 0 Å². The van der Waals surface area contributed by atoms with E-state index in [1.54, 1.807) is 0 Å². The minimum Gasteiger partial charge on any atom is -0.462 e. The van der Waals surface area contributed by atoms with Crippen LogP contribution in [-0.4, -0.2) is 37.2 Å². The van der Waals surface area contributed by atoms with E-state index in [1.165, 1.54) is 154 Å². The van der Waals surface area contributed by atoms with Crippen LogP contribution in [0.25, 0.3) is 0 Å². The number of unbranched alkanes of at least 4 members (excludes halogenated alkanes) is 30. The maximum absolute atomic E-state index is 12.9. The number of allylic oxidation sites excluding steroid dienone is 20. The molecular weight excluding hydrogens is 997 g/mol. The lowest BCUT2D eigenvalue weighted by atomic mass is 10.0. The molecule has 0 aliphatic rings. The highest BCUT2D eigenvalue weighted by atomic mass is 16.6. The van der Waals surface area contributed by atoms with E-state index in [1.807, 2.05) is 0 Å².